The SMILES string of the molecule is COc1ccc(C(=O)O)cc1C=CCCNC(=O)OCc1ccccc1. The van der Waals surface area contributed by atoms with E-state index in [0.29, 0.717) is 24.3 Å². The molecule has 2 aromatic carbocycles. The third-order valence-electron chi connectivity index (χ3n) is 3.57. The van der Waals surface area contributed by atoms with Crippen molar-refractivity contribution in [3.05, 3.63) is 71.3 Å². The number of ether oxygens (including phenoxy) is 2. The topological polar surface area (TPSA) is 84.9 Å². The molecule has 136 valence electrons. The normalized spacial score (nSPS) is 10.5. The van der Waals surface area contributed by atoms with E-state index in [9.17, 15) is 9.59 Å². The molecule has 6 nitrogen and oxygen atoms in total. The van der Waals surface area contributed by atoms with E-state index in [1.54, 1.807) is 18.2 Å². The molecule has 2 aromatic rings. The first-order chi connectivity index (χ1) is 12.6. The van der Waals surface area contributed by atoms with E-state index in [2.05, 4.69) is 5.32 Å². The molecule has 0 aliphatic heterocycles. The van der Waals surface area contributed by atoms with Crippen LogP contribution < -0.4 is 10.1 Å². The fraction of sp³-hybridized carbons (Fsp3) is 0.200. The summed E-state index contributed by atoms with van der Waals surface area (Å²) in [5.74, 6) is -0.411. The van der Waals surface area contributed by atoms with Gasteiger partial charge in [0.05, 0.1) is 12.7 Å². The summed E-state index contributed by atoms with van der Waals surface area (Å²) in [4.78, 5) is 22.7. The van der Waals surface area contributed by atoms with Crippen LogP contribution in [0.4, 0.5) is 4.79 Å². The molecule has 0 aliphatic rings. The van der Waals surface area contributed by atoms with Crippen LogP contribution in [0.25, 0.3) is 6.08 Å². The van der Waals surface area contributed by atoms with Crippen LogP contribution in [0.15, 0.2) is 54.6 Å². The van der Waals surface area contributed by atoms with Crippen LogP contribution >= 0.6 is 0 Å². The highest BCUT2D eigenvalue weighted by Crippen LogP contribution is 2.21. The van der Waals surface area contributed by atoms with Gasteiger partial charge >= 0.3 is 12.1 Å². The number of nitrogens with one attached hydrogen (secondary N) is 1. The lowest BCUT2D eigenvalue weighted by Gasteiger charge is -2.07. The lowest BCUT2D eigenvalue weighted by molar-refractivity contribution is 0.0696. The van der Waals surface area contributed by atoms with E-state index in [4.69, 9.17) is 14.6 Å². The number of benzene rings is 2. The molecular weight excluding hydrogens is 334 g/mol. The van der Waals surface area contributed by atoms with Crippen molar-refractivity contribution >= 4 is 18.1 Å². The molecule has 0 aliphatic carbocycles. The Bertz CT molecular complexity index is 771. The Kier molecular flexibility index (Phi) is 7.24. The van der Waals surface area contributed by atoms with Gasteiger partial charge in [-0.25, -0.2) is 9.59 Å². The standard InChI is InChI=1S/C20H21NO5/c1-25-18-11-10-17(19(22)23)13-16(18)9-5-6-12-21-20(24)26-14-15-7-3-2-4-8-15/h2-5,7-11,13H,6,12,14H2,1H3,(H,21,24)(H,22,23). The number of methoxy groups -OCH3 is 1. The molecule has 1 amide bonds. The Morgan fingerprint density at radius 1 is 1.15 bits per heavy atom. The Labute approximate surface area is 152 Å². The predicted molar refractivity (Wildman–Crippen MR) is 98.2 cm³/mol. The zero-order chi connectivity index (χ0) is 18.8. The first-order valence-electron chi connectivity index (χ1n) is 8.12. The third kappa shape index (κ3) is 5.98. The van der Waals surface area contributed by atoms with Gasteiger partial charge in [-0.3, -0.25) is 0 Å². The molecule has 6 heteroatoms. The highest BCUT2D eigenvalue weighted by atomic mass is 16.5. The molecule has 0 radical (unpaired) electrons. The summed E-state index contributed by atoms with van der Waals surface area (Å²) in [6.07, 6.45) is 3.69. The molecule has 26 heavy (non-hydrogen) atoms. The minimum absolute atomic E-state index is 0.188. The van der Waals surface area contributed by atoms with Gasteiger partial charge in [0.1, 0.15) is 12.4 Å². The van der Waals surface area contributed by atoms with E-state index in [1.807, 2.05) is 36.4 Å². The van der Waals surface area contributed by atoms with Crippen molar-refractivity contribution in [2.24, 2.45) is 0 Å². The number of hydrogen-bond acceptors (Lipinski definition) is 4. The first kappa shape index (κ1) is 19.1. The molecule has 0 saturated carbocycles. The number of carboxylic acids is 1. The zero-order valence-corrected chi connectivity index (χ0v) is 14.5. The largest absolute Gasteiger partial charge is 0.496 e. The monoisotopic (exact) mass is 355 g/mol. The van der Waals surface area contributed by atoms with Gasteiger partial charge in [-0.2, -0.15) is 0 Å². The van der Waals surface area contributed by atoms with Crippen LogP contribution in [0.1, 0.15) is 27.9 Å². The van der Waals surface area contributed by atoms with Gasteiger partial charge in [0.2, 0.25) is 0 Å². The van der Waals surface area contributed by atoms with Crippen molar-refractivity contribution in [1.29, 1.82) is 0 Å². The summed E-state index contributed by atoms with van der Waals surface area (Å²) >= 11 is 0. The first-order valence-corrected chi connectivity index (χ1v) is 8.12. The molecular formula is C20H21NO5. The van der Waals surface area contributed by atoms with E-state index in [1.165, 1.54) is 13.2 Å². The maximum atomic E-state index is 11.6. The number of amides is 1. The van der Waals surface area contributed by atoms with Gasteiger partial charge in [-0.15, -0.1) is 0 Å². The van der Waals surface area contributed by atoms with Crippen LogP contribution in [0.2, 0.25) is 0 Å². The maximum Gasteiger partial charge on any atom is 0.407 e. The fourth-order valence-electron chi connectivity index (χ4n) is 2.24. The number of carbonyl (C=O) groups excluding carboxylic acids is 1. The van der Waals surface area contributed by atoms with Crippen molar-refractivity contribution in [3.63, 3.8) is 0 Å². The van der Waals surface area contributed by atoms with Gasteiger partial charge < -0.3 is 19.9 Å². The second-order valence-corrected chi connectivity index (χ2v) is 5.44. The quantitative estimate of drug-likeness (QED) is 0.705. The van der Waals surface area contributed by atoms with Gasteiger partial charge in [0.15, 0.2) is 0 Å². The summed E-state index contributed by atoms with van der Waals surface area (Å²) in [5, 5.41) is 11.7. The highest BCUT2D eigenvalue weighted by Gasteiger charge is 2.07. The van der Waals surface area contributed by atoms with E-state index >= 15 is 0 Å². The fourth-order valence-corrected chi connectivity index (χ4v) is 2.24. The van der Waals surface area contributed by atoms with Crippen LogP contribution in [-0.2, 0) is 11.3 Å². The molecule has 0 unspecified atom stereocenters. The third-order valence-corrected chi connectivity index (χ3v) is 3.57. The Morgan fingerprint density at radius 3 is 2.62 bits per heavy atom. The number of rotatable bonds is 8. The van der Waals surface area contributed by atoms with Gasteiger partial charge in [-0.05, 0) is 30.2 Å². The van der Waals surface area contributed by atoms with Crippen molar-refractivity contribution in [3.8, 4) is 5.75 Å². The highest BCUT2D eigenvalue weighted by molar-refractivity contribution is 5.88. The molecule has 0 heterocycles. The Balaban J connectivity index is 1.77. The summed E-state index contributed by atoms with van der Waals surface area (Å²) in [6, 6.07) is 14.1. The lowest BCUT2D eigenvalue weighted by Crippen LogP contribution is -2.24. The van der Waals surface area contributed by atoms with Crippen molar-refractivity contribution in [1.82, 2.24) is 5.32 Å². The predicted octanol–water partition coefficient (Wildman–Crippen LogP) is 3.72. The number of aromatic carboxylic acids is 1. The molecule has 0 spiro atoms. The molecule has 2 rings (SSSR count). The van der Waals surface area contributed by atoms with Crippen LogP contribution in [0.5, 0.6) is 5.75 Å². The van der Waals surface area contributed by atoms with E-state index in [-0.39, 0.29) is 12.2 Å². The smallest absolute Gasteiger partial charge is 0.407 e. The Hall–Kier alpha value is -3.28. The van der Waals surface area contributed by atoms with Crippen molar-refractivity contribution < 1.29 is 24.2 Å². The summed E-state index contributed by atoms with van der Waals surface area (Å²) < 4.78 is 10.3. The number of alkyl carbamates (subject to hydrolysis) is 1. The molecule has 2 N–H and O–H groups in total. The summed E-state index contributed by atoms with van der Waals surface area (Å²) in [5.41, 5.74) is 1.78. The van der Waals surface area contributed by atoms with Crippen LogP contribution in [0, 0.1) is 0 Å². The summed E-state index contributed by atoms with van der Waals surface area (Å²) in [6.45, 7) is 0.632. The minimum Gasteiger partial charge on any atom is -0.496 e. The van der Waals surface area contributed by atoms with Gasteiger partial charge in [-0.1, -0.05) is 42.5 Å². The number of hydrogen-bond donors (Lipinski definition) is 2. The Morgan fingerprint density at radius 2 is 1.92 bits per heavy atom. The summed E-state index contributed by atoms with van der Waals surface area (Å²) in [7, 11) is 1.53. The van der Waals surface area contributed by atoms with Crippen molar-refractivity contribution in [2.75, 3.05) is 13.7 Å². The molecule has 0 aromatic heterocycles. The minimum atomic E-state index is -0.995. The second kappa shape index (κ2) is 9.88. The van der Waals surface area contributed by atoms with E-state index in [0.717, 1.165) is 5.56 Å². The zero-order valence-electron chi connectivity index (χ0n) is 14.5. The molecule has 0 saturated heterocycles. The van der Waals surface area contributed by atoms with E-state index < -0.39 is 12.1 Å². The molecule has 0 fully saturated rings. The van der Waals surface area contributed by atoms with Crippen molar-refractivity contribution in [2.45, 2.75) is 13.0 Å². The second-order valence-electron chi connectivity index (χ2n) is 5.44. The number of carboxylic acid groups (broad SMARTS) is 1. The van der Waals surface area contributed by atoms with Gasteiger partial charge in [0, 0.05) is 12.1 Å². The average Bonchev–Trinajstić information content (AvgIpc) is 2.66. The lowest BCUT2D eigenvalue weighted by atomic mass is 10.1. The van der Waals surface area contributed by atoms with Gasteiger partial charge in [0.25, 0.3) is 0 Å². The number of carbonyl (C=O) groups is 2. The average molecular weight is 355 g/mol. The van der Waals surface area contributed by atoms with Crippen LogP contribution in [-0.4, -0.2) is 30.8 Å². The molecule has 0 atom stereocenters. The maximum absolute atomic E-state index is 11.6. The van der Waals surface area contributed by atoms with Crippen LogP contribution in [0.3, 0.4) is 0 Å². The molecule has 0 bridgehead atoms.